The van der Waals surface area contributed by atoms with Crippen molar-refractivity contribution in [2.24, 2.45) is 0 Å². The average molecular weight is 518 g/mol. The Morgan fingerprint density at radius 1 is 0.750 bits per heavy atom. The summed E-state index contributed by atoms with van der Waals surface area (Å²) in [5.41, 5.74) is 0. The van der Waals surface area contributed by atoms with Crippen molar-refractivity contribution >= 4 is 82.8 Å². The van der Waals surface area contributed by atoms with Gasteiger partial charge in [-0.15, -0.1) is 0 Å². The van der Waals surface area contributed by atoms with Crippen molar-refractivity contribution < 1.29 is 0 Å². The first-order valence-electron chi connectivity index (χ1n) is 6.10. The molecule has 0 bridgehead atoms. The smallest absolute Gasteiger partial charge is 0.0214 e. The van der Waals surface area contributed by atoms with Crippen LogP contribution >= 0.6 is 63.7 Å². The number of hydrogen-bond donors (Lipinski definition) is 0. The number of hydrogen-bond acceptors (Lipinski definition) is 0. The molecular weight excluding hydrogens is 496 g/mol. The minimum atomic E-state index is 0.220. The van der Waals surface area contributed by atoms with E-state index in [1.54, 1.807) is 12.1 Å². The topological polar surface area (TPSA) is 0 Å². The van der Waals surface area contributed by atoms with Gasteiger partial charge in [0.05, 0.1) is 0 Å². The molecule has 0 saturated heterocycles. The van der Waals surface area contributed by atoms with E-state index >= 15 is 0 Å². The largest absolute Gasteiger partial charge is 0.0916 e. The lowest BCUT2D eigenvalue weighted by atomic mass is 10.4. The Hall–Kier alpha value is 2.35. The Kier molecular flexibility index (Phi) is 15.8. The highest BCUT2D eigenvalue weighted by atomic mass is 79.9. The Bertz CT molecular complexity index is 133. The van der Waals surface area contributed by atoms with Crippen LogP contribution < -0.4 is 0 Å². The Morgan fingerprint density at radius 3 is 1.44 bits per heavy atom. The van der Waals surface area contributed by atoms with E-state index in [1.807, 2.05) is 0 Å². The fraction of sp³-hybridized carbons (Fsp3) is 1.00. The second-order valence-electron chi connectivity index (χ2n) is 4.20. The number of halogens is 4. The van der Waals surface area contributed by atoms with E-state index in [4.69, 9.17) is 0 Å². The molecule has 98 valence electrons. The van der Waals surface area contributed by atoms with E-state index in [2.05, 4.69) is 63.7 Å². The van der Waals surface area contributed by atoms with Crippen molar-refractivity contribution in [3.63, 3.8) is 0 Å². The molecule has 0 fully saturated rings. The molecule has 0 N–H and O–H groups in total. The van der Waals surface area contributed by atoms with Crippen molar-refractivity contribution in [1.82, 2.24) is 0 Å². The quantitative estimate of drug-likeness (QED) is 0.220. The van der Waals surface area contributed by atoms with Gasteiger partial charge in [0.1, 0.15) is 0 Å². The SMILES string of the molecule is BrCC(Br)C[SiH2]CCCC[SiH2]CC(Br)CBr. The van der Waals surface area contributed by atoms with Crippen LogP contribution in [0.3, 0.4) is 0 Å². The van der Waals surface area contributed by atoms with Crippen molar-refractivity contribution in [2.45, 2.75) is 46.7 Å². The lowest BCUT2D eigenvalue weighted by Gasteiger charge is -2.06. The van der Waals surface area contributed by atoms with Crippen LogP contribution in [0.5, 0.6) is 0 Å². The highest BCUT2D eigenvalue weighted by Gasteiger charge is 2.02. The molecule has 2 atom stereocenters. The summed E-state index contributed by atoms with van der Waals surface area (Å²) in [5, 5.41) is 2.23. The van der Waals surface area contributed by atoms with Crippen LogP contribution in [-0.4, -0.2) is 39.4 Å². The van der Waals surface area contributed by atoms with Crippen LogP contribution in [-0.2, 0) is 0 Å². The molecule has 0 aromatic rings. The summed E-state index contributed by atoms with van der Waals surface area (Å²) in [6, 6.07) is 6.02. The molecule has 16 heavy (non-hydrogen) atoms. The van der Waals surface area contributed by atoms with Crippen molar-refractivity contribution in [1.29, 1.82) is 0 Å². The molecular formula is C10H22Br4Si2. The van der Waals surface area contributed by atoms with Gasteiger partial charge < -0.3 is 0 Å². The van der Waals surface area contributed by atoms with E-state index in [0.29, 0.717) is 0 Å². The highest BCUT2D eigenvalue weighted by Crippen LogP contribution is 2.12. The first-order valence-corrected chi connectivity index (χ1v) is 14.2. The second kappa shape index (κ2) is 13.8. The van der Waals surface area contributed by atoms with Crippen molar-refractivity contribution in [3.05, 3.63) is 0 Å². The van der Waals surface area contributed by atoms with Crippen molar-refractivity contribution in [2.75, 3.05) is 10.7 Å². The van der Waals surface area contributed by atoms with Crippen LogP contribution in [0.2, 0.25) is 24.2 Å². The molecule has 0 spiro atoms. The molecule has 0 aromatic heterocycles. The summed E-state index contributed by atoms with van der Waals surface area (Å²) in [4.78, 5) is 1.48. The number of alkyl halides is 4. The van der Waals surface area contributed by atoms with Gasteiger partial charge >= 0.3 is 0 Å². The van der Waals surface area contributed by atoms with Gasteiger partial charge in [-0.25, -0.2) is 0 Å². The first-order chi connectivity index (χ1) is 7.70. The standard InChI is InChI=1S/C10H22Br4Si2/c11-5-9(13)7-15-3-1-2-4-16-8-10(14)6-12/h9-10H,1-8,15-16H2. The molecule has 0 rings (SSSR count). The van der Waals surface area contributed by atoms with Gasteiger partial charge in [-0.1, -0.05) is 88.6 Å². The number of rotatable bonds is 11. The maximum absolute atomic E-state index is 3.68. The van der Waals surface area contributed by atoms with Crippen LogP contribution in [0.15, 0.2) is 0 Å². The molecule has 0 radical (unpaired) electrons. The van der Waals surface area contributed by atoms with E-state index in [-0.39, 0.29) is 19.0 Å². The summed E-state index contributed by atoms with van der Waals surface area (Å²) < 4.78 is 0. The molecule has 2 unspecified atom stereocenters. The fourth-order valence-electron chi connectivity index (χ4n) is 1.59. The van der Waals surface area contributed by atoms with Gasteiger partial charge in [-0.2, -0.15) is 0 Å². The maximum atomic E-state index is 3.68. The Morgan fingerprint density at radius 2 is 1.12 bits per heavy atom. The van der Waals surface area contributed by atoms with E-state index in [0.717, 1.165) is 20.3 Å². The third-order valence-corrected chi connectivity index (χ3v) is 13.4. The molecule has 0 nitrogen and oxygen atoms in total. The molecule has 0 heterocycles. The van der Waals surface area contributed by atoms with E-state index < -0.39 is 0 Å². The maximum Gasteiger partial charge on any atom is 0.0214 e. The zero-order valence-corrected chi connectivity index (χ0v) is 18.9. The highest BCUT2D eigenvalue weighted by molar-refractivity contribution is 9.12. The van der Waals surface area contributed by atoms with Gasteiger partial charge in [-0.05, 0) is 12.1 Å². The van der Waals surface area contributed by atoms with Crippen molar-refractivity contribution in [3.8, 4) is 0 Å². The minimum Gasteiger partial charge on any atom is -0.0916 e. The van der Waals surface area contributed by atoms with Gasteiger partial charge in [-0.3, -0.25) is 0 Å². The van der Waals surface area contributed by atoms with Gasteiger partial charge in [0, 0.05) is 39.4 Å². The summed E-state index contributed by atoms with van der Waals surface area (Å²) >= 11 is 14.4. The predicted molar refractivity (Wildman–Crippen MR) is 98.6 cm³/mol. The lowest BCUT2D eigenvalue weighted by Crippen LogP contribution is -2.04. The van der Waals surface area contributed by atoms with E-state index in [1.165, 1.54) is 24.9 Å². The molecule has 0 aliphatic heterocycles. The summed E-state index contributed by atoms with van der Waals surface area (Å²) in [7, 11) is 0.441. The zero-order valence-electron chi connectivity index (χ0n) is 9.74. The van der Waals surface area contributed by atoms with Crippen LogP contribution in [0.1, 0.15) is 12.8 Å². The van der Waals surface area contributed by atoms with Gasteiger partial charge in [0.2, 0.25) is 0 Å². The van der Waals surface area contributed by atoms with Crippen LogP contribution in [0.25, 0.3) is 0 Å². The minimum absolute atomic E-state index is 0.220. The molecule has 0 aromatic carbocycles. The summed E-state index contributed by atoms with van der Waals surface area (Å²) in [6.45, 7) is 0. The molecule has 0 saturated carbocycles. The second-order valence-corrected chi connectivity index (χ2v) is 12.1. The fourth-order valence-corrected chi connectivity index (χ4v) is 8.66. The predicted octanol–water partition coefficient (Wildman–Crippen LogP) is 4.09. The zero-order chi connectivity index (χ0) is 12.2. The molecule has 0 amide bonds. The molecule has 0 aliphatic rings. The lowest BCUT2D eigenvalue weighted by molar-refractivity contribution is 0.866. The van der Waals surface area contributed by atoms with E-state index in [9.17, 15) is 0 Å². The van der Waals surface area contributed by atoms with Gasteiger partial charge in [0.25, 0.3) is 0 Å². The average Bonchev–Trinajstić information content (AvgIpc) is 2.31. The van der Waals surface area contributed by atoms with Crippen LogP contribution in [0, 0.1) is 0 Å². The Balaban J connectivity index is 3.04. The number of unbranched alkanes of at least 4 members (excludes halogenated alkanes) is 1. The third kappa shape index (κ3) is 12.8. The normalized spacial score (nSPS) is 16.5. The molecule has 6 heteroatoms. The van der Waals surface area contributed by atoms with Crippen LogP contribution in [0.4, 0.5) is 0 Å². The Labute approximate surface area is 139 Å². The molecule has 0 aliphatic carbocycles. The monoisotopic (exact) mass is 514 g/mol. The summed E-state index contributed by atoms with van der Waals surface area (Å²) in [5.74, 6) is 0. The third-order valence-electron chi connectivity index (χ3n) is 2.62. The van der Waals surface area contributed by atoms with Gasteiger partial charge in [0.15, 0.2) is 0 Å². The summed E-state index contributed by atoms with van der Waals surface area (Å²) in [6.07, 6.45) is 3.00. The first kappa shape index (κ1) is 18.4.